The molecular formula is C18H23ClN2. The number of nitrogens with one attached hydrogen (secondary N) is 1. The lowest BCUT2D eigenvalue weighted by molar-refractivity contribution is 0.528. The van der Waals surface area contributed by atoms with Gasteiger partial charge < -0.3 is 5.32 Å². The van der Waals surface area contributed by atoms with Crippen LogP contribution in [0.4, 0.5) is 0 Å². The van der Waals surface area contributed by atoms with Crippen LogP contribution in [0.3, 0.4) is 0 Å². The first-order valence-corrected chi connectivity index (χ1v) is 7.89. The van der Waals surface area contributed by atoms with Gasteiger partial charge in [0, 0.05) is 23.0 Å². The summed E-state index contributed by atoms with van der Waals surface area (Å²) in [6.45, 7) is 7.24. The Balaban J connectivity index is 2.21. The molecule has 2 aromatic rings. The van der Waals surface area contributed by atoms with Gasteiger partial charge in [-0.15, -0.1) is 0 Å². The number of benzene rings is 1. The van der Waals surface area contributed by atoms with E-state index in [1.807, 2.05) is 19.2 Å². The molecule has 1 unspecified atom stereocenters. The minimum Gasteiger partial charge on any atom is -0.310 e. The number of halogens is 1. The van der Waals surface area contributed by atoms with Crippen molar-refractivity contribution in [2.75, 3.05) is 6.54 Å². The molecule has 0 saturated carbocycles. The van der Waals surface area contributed by atoms with Gasteiger partial charge in [0.15, 0.2) is 0 Å². The van der Waals surface area contributed by atoms with E-state index in [2.05, 4.69) is 48.4 Å². The molecular weight excluding hydrogens is 280 g/mol. The fourth-order valence-electron chi connectivity index (χ4n) is 2.35. The molecule has 0 spiro atoms. The molecule has 0 bridgehead atoms. The van der Waals surface area contributed by atoms with Gasteiger partial charge in [-0.3, -0.25) is 4.98 Å². The number of aromatic nitrogens is 1. The van der Waals surface area contributed by atoms with Crippen molar-refractivity contribution in [3.63, 3.8) is 0 Å². The summed E-state index contributed by atoms with van der Waals surface area (Å²) in [6, 6.07) is 10.7. The van der Waals surface area contributed by atoms with Gasteiger partial charge in [0.1, 0.15) is 0 Å². The molecule has 1 N–H and O–H groups in total. The predicted molar refractivity (Wildman–Crippen MR) is 89.9 cm³/mol. The molecule has 2 nitrogen and oxygen atoms in total. The monoisotopic (exact) mass is 302 g/mol. The maximum atomic E-state index is 6.38. The predicted octanol–water partition coefficient (Wildman–Crippen LogP) is 4.64. The van der Waals surface area contributed by atoms with E-state index >= 15 is 0 Å². The maximum Gasteiger partial charge on any atom is 0.0441 e. The fraction of sp³-hybridized carbons (Fsp3) is 0.389. The summed E-state index contributed by atoms with van der Waals surface area (Å²) in [7, 11) is 0. The molecule has 112 valence electrons. The van der Waals surface area contributed by atoms with Crippen LogP contribution in [-0.2, 0) is 6.42 Å². The zero-order chi connectivity index (χ0) is 15.2. The van der Waals surface area contributed by atoms with Gasteiger partial charge >= 0.3 is 0 Å². The van der Waals surface area contributed by atoms with E-state index in [1.165, 1.54) is 16.7 Å². The minimum absolute atomic E-state index is 0.248. The van der Waals surface area contributed by atoms with Gasteiger partial charge in [-0.2, -0.15) is 0 Å². The number of pyridine rings is 1. The molecule has 0 aliphatic rings. The third-order valence-corrected chi connectivity index (χ3v) is 3.96. The standard InChI is InChI=1S/C18H23ClN2/c1-4-9-20-18(16-8-6-14(3)21-12-16)11-15-7-5-13(2)10-17(15)19/h5-8,10,12,18,20H,4,9,11H2,1-3H3. The molecule has 21 heavy (non-hydrogen) atoms. The van der Waals surface area contributed by atoms with Crippen molar-refractivity contribution in [3.8, 4) is 0 Å². The van der Waals surface area contributed by atoms with E-state index < -0.39 is 0 Å². The first-order chi connectivity index (χ1) is 10.1. The van der Waals surface area contributed by atoms with Crippen LogP contribution in [0.1, 0.15) is 41.8 Å². The second kappa shape index (κ2) is 7.58. The van der Waals surface area contributed by atoms with E-state index in [1.54, 1.807) is 0 Å². The SMILES string of the molecule is CCCNC(Cc1ccc(C)cc1Cl)c1ccc(C)nc1. The van der Waals surface area contributed by atoms with Crippen molar-refractivity contribution in [2.24, 2.45) is 0 Å². The Hall–Kier alpha value is -1.38. The Kier molecular flexibility index (Phi) is 5.77. The normalized spacial score (nSPS) is 12.4. The Morgan fingerprint density at radius 1 is 1.19 bits per heavy atom. The van der Waals surface area contributed by atoms with Crippen molar-refractivity contribution in [1.82, 2.24) is 10.3 Å². The summed E-state index contributed by atoms with van der Waals surface area (Å²) in [5.74, 6) is 0. The third-order valence-electron chi connectivity index (χ3n) is 3.61. The van der Waals surface area contributed by atoms with Gasteiger partial charge in [0.2, 0.25) is 0 Å². The summed E-state index contributed by atoms with van der Waals surface area (Å²) < 4.78 is 0. The summed E-state index contributed by atoms with van der Waals surface area (Å²) in [5.41, 5.74) is 4.63. The van der Waals surface area contributed by atoms with E-state index in [0.29, 0.717) is 0 Å². The van der Waals surface area contributed by atoms with Crippen molar-refractivity contribution < 1.29 is 0 Å². The molecule has 1 atom stereocenters. The van der Waals surface area contributed by atoms with Crippen LogP contribution < -0.4 is 5.32 Å². The van der Waals surface area contributed by atoms with E-state index in [4.69, 9.17) is 11.6 Å². The highest BCUT2D eigenvalue weighted by molar-refractivity contribution is 6.31. The summed E-state index contributed by atoms with van der Waals surface area (Å²) in [6.07, 6.45) is 3.95. The van der Waals surface area contributed by atoms with E-state index in [0.717, 1.165) is 30.1 Å². The van der Waals surface area contributed by atoms with Crippen LogP contribution in [0, 0.1) is 13.8 Å². The molecule has 0 saturated heterocycles. The zero-order valence-electron chi connectivity index (χ0n) is 13.0. The summed E-state index contributed by atoms with van der Waals surface area (Å²) in [5, 5.41) is 4.44. The van der Waals surface area contributed by atoms with Crippen LogP contribution in [0.15, 0.2) is 36.5 Å². The van der Waals surface area contributed by atoms with E-state index in [9.17, 15) is 0 Å². The molecule has 1 aromatic heterocycles. The van der Waals surface area contributed by atoms with Crippen molar-refractivity contribution >= 4 is 11.6 Å². The first kappa shape index (κ1) is 16.0. The second-order valence-electron chi connectivity index (χ2n) is 5.54. The van der Waals surface area contributed by atoms with Crippen molar-refractivity contribution in [3.05, 3.63) is 63.9 Å². The van der Waals surface area contributed by atoms with Crippen LogP contribution in [0.5, 0.6) is 0 Å². The Labute approximate surface area is 132 Å². The number of nitrogens with zero attached hydrogens (tertiary/aromatic N) is 1. The lowest BCUT2D eigenvalue weighted by Gasteiger charge is -2.20. The first-order valence-electron chi connectivity index (χ1n) is 7.51. The average Bonchev–Trinajstić information content (AvgIpc) is 2.46. The minimum atomic E-state index is 0.248. The lowest BCUT2D eigenvalue weighted by Crippen LogP contribution is -2.24. The van der Waals surface area contributed by atoms with Gasteiger partial charge in [-0.05, 0) is 62.1 Å². The molecule has 0 fully saturated rings. The molecule has 0 aliphatic heterocycles. The Morgan fingerprint density at radius 3 is 2.62 bits per heavy atom. The van der Waals surface area contributed by atoms with Gasteiger partial charge in [-0.1, -0.05) is 36.7 Å². The molecule has 0 radical (unpaired) electrons. The number of aryl methyl sites for hydroxylation is 2. The Bertz CT molecular complexity index is 578. The fourth-order valence-corrected chi connectivity index (χ4v) is 2.66. The highest BCUT2D eigenvalue weighted by Crippen LogP contribution is 2.24. The molecule has 0 aliphatic carbocycles. The molecule has 1 heterocycles. The quantitative estimate of drug-likeness (QED) is 0.841. The number of rotatable bonds is 6. The topological polar surface area (TPSA) is 24.9 Å². The van der Waals surface area contributed by atoms with Gasteiger partial charge in [-0.25, -0.2) is 0 Å². The van der Waals surface area contributed by atoms with Crippen LogP contribution in [0.2, 0.25) is 5.02 Å². The zero-order valence-corrected chi connectivity index (χ0v) is 13.7. The maximum absolute atomic E-state index is 6.38. The van der Waals surface area contributed by atoms with Crippen molar-refractivity contribution in [1.29, 1.82) is 0 Å². The lowest BCUT2D eigenvalue weighted by atomic mass is 9.99. The third kappa shape index (κ3) is 4.55. The molecule has 1 aromatic carbocycles. The highest BCUT2D eigenvalue weighted by Gasteiger charge is 2.13. The largest absolute Gasteiger partial charge is 0.310 e. The van der Waals surface area contributed by atoms with Crippen molar-refractivity contribution in [2.45, 2.75) is 39.7 Å². The molecule has 0 amide bonds. The highest BCUT2D eigenvalue weighted by atomic mass is 35.5. The second-order valence-corrected chi connectivity index (χ2v) is 5.95. The Morgan fingerprint density at radius 2 is 2.00 bits per heavy atom. The number of hydrogen-bond donors (Lipinski definition) is 1. The van der Waals surface area contributed by atoms with E-state index in [-0.39, 0.29) is 6.04 Å². The van der Waals surface area contributed by atoms with Gasteiger partial charge in [0.25, 0.3) is 0 Å². The molecule has 2 rings (SSSR count). The molecule has 3 heteroatoms. The van der Waals surface area contributed by atoms with Gasteiger partial charge in [0.05, 0.1) is 0 Å². The number of hydrogen-bond acceptors (Lipinski definition) is 2. The van der Waals surface area contributed by atoms with Crippen LogP contribution in [0.25, 0.3) is 0 Å². The summed E-state index contributed by atoms with van der Waals surface area (Å²) in [4.78, 5) is 4.41. The van der Waals surface area contributed by atoms with Crippen LogP contribution in [-0.4, -0.2) is 11.5 Å². The smallest absolute Gasteiger partial charge is 0.0441 e. The summed E-state index contributed by atoms with van der Waals surface area (Å²) >= 11 is 6.38. The average molecular weight is 303 g/mol. The van der Waals surface area contributed by atoms with Crippen LogP contribution >= 0.6 is 11.6 Å².